The van der Waals surface area contributed by atoms with Gasteiger partial charge in [0.2, 0.25) is 0 Å². The summed E-state index contributed by atoms with van der Waals surface area (Å²) in [6.07, 6.45) is 6.30. The molecule has 7 rings (SSSR count). The number of fused-ring (bicyclic) bond motifs is 2. The average Bonchev–Trinajstić information content (AvgIpc) is 3.13. The molecule has 46 heavy (non-hydrogen) atoms. The molecular formula is C46H44. The standard InChI is InChI=1S/C46H44/c1-5-35-36(6-2)38(8-4)40-30-42-41(29-39(40)37(35)7-3)43(31-21-13-9-14-22-31)45(33-25-17-11-18-26-33)46(34-27-19-12-20-28-34)44(42)32-23-15-10-16-24-32/h9-28H,5-8,29-30H2,1-4H3. The van der Waals surface area contributed by atoms with Gasteiger partial charge in [-0.3, -0.25) is 0 Å². The highest BCUT2D eigenvalue weighted by atomic mass is 14.4. The van der Waals surface area contributed by atoms with Crippen molar-refractivity contribution < 1.29 is 0 Å². The van der Waals surface area contributed by atoms with E-state index in [1.807, 2.05) is 0 Å². The molecule has 6 aromatic carbocycles. The molecule has 0 radical (unpaired) electrons. The van der Waals surface area contributed by atoms with E-state index in [4.69, 9.17) is 0 Å². The Labute approximate surface area is 275 Å². The number of benzene rings is 6. The lowest BCUT2D eigenvalue weighted by Crippen LogP contribution is -2.19. The van der Waals surface area contributed by atoms with Crippen LogP contribution in [-0.2, 0) is 38.5 Å². The molecule has 0 aliphatic heterocycles. The van der Waals surface area contributed by atoms with Crippen LogP contribution in [0.3, 0.4) is 0 Å². The maximum atomic E-state index is 2.37. The Hall–Kier alpha value is -4.68. The van der Waals surface area contributed by atoms with Crippen LogP contribution in [0.5, 0.6) is 0 Å². The Bertz CT molecular complexity index is 1830. The van der Waals surface area contributed by atoms with Crippen molar-refractivity contribution in [3.05, 3.63) is 166 Å². The van der Waals surface area contributed by atoms with Crippen LogP contribution in [0.4, 0.5) is 0 Å². The third-order valence-corrected chi connectivity index (χ3v) is 10.3. The van der Waals surface area contributed by atoms with Crippen molar-refractivity contribution in [2.24, 2.45) is 0 Å². The molecule has 228 valence electrons. The van der Waals surface area contributed by atoms with E-state index in [0.717, 1.165) is 38.5 Å². The van der Waals surface area contributed by atoms with E-state index in [-0.39, 0.29) is 0 Å². The van der Waals surface area contributed by atoms with E-state index in [1.165, 1.54) is 55.6 Å². The molecule has 0 spiro atoms. The zero-order chi connectivity index (χ0) is 31.6. The monoisotopic (exact) mass is 596 g/mol. The smallest absolute Gasteiger partial charge is 0.00105 e. The van der Waals surface area contributed by atoms with Crippen LogP contribution in [0.25, 0.3) is 44.5 Å². The predicted octanol–water partition coefficient (Wildman–Crippen LogP) is 12.1. The van der Waals surface area contributed by atoms with Gasteiger partial charge in [-0.1, -0.05) is 149 Å². The van der Waals surface area contributed by atoms with Gasteiger partial charge >= 0.3 is 0 Å². The first-order valence-electron chi connectivity index (χ1n) is 17.3. The van der Waals surface area contributed by atoms with Crippen LogP contribution in [-0.4, -0.2) is 0 Å². The normalized spacial score (nSPS) is 12.1. The predicted molar refractivity (Wildman–Crippen MR) is 198 cm³/mol. The highest BCUT2D eigenvalue weighted by molar-refractivity contribution is 6.05. The molecule has 0 fully saturated rings. The molecule has 0 bridgehead atoms. The van der Waals surface area contributed by atoms with Crippen LogP contribution in [0.15, 0.2) is 121 Å². The average molecular weight is 597 g/mol. The molecule has 1 aliphatic rings. The Kier molecular flexibility index (Phi) is 8.46. The third-order valence-electron chi connectivity index (χ3n) is 10.3. The molecule has 0 saturated carbocycles. The summed E-state index contributed by atoms with van der Waals surface area (Å²) in [5.74, 6) is 0. The molecule has 0 aromatic heterocycles. The first-order valence-corrected chi connectivity index (χ1v) is 17.3. The lowest BCUT2D eigenvalue weighted by atomic mass is 9.69. The van der Waals surface area contributed by atoms with Gasteiger partial charge in [-0.2, -0.15) is 0 Å². The summed E-state index contributed by atoms with van der Waals surface area (Å²) in [6.45, 7) is 9.46. The van der Waals surface area contributed by atoms with E-state index in [0.29, 0.717) is 0 Å². The highest BCUT2D eigenvalue weighted by Gasteiger charge is 2.33. The first-order chi connectivity index (χ1) is 22.7. The van der Waals surface area contributed by atoms with Crippen molar-refractivity contribution in [1.29, 1.82) is 0 Å². The van der Waals surface area contributed by atoms with Crippen LogP contribution in [0, 0.1) is 0 Å². The summed E-state index contributed by atoms with van der Waals surface area (Å²) >= 11 is 0. The van der Waals surface area contributed by atoms with Crippen molar-refractivity contribution in [3.63, 3.8) is 0 Å². The van der Waals surface area contributed by atoms with E-state index < -0.39 is 0 Å². The molecule has 0 saturated heterocycles. The maximum Gasteiger partial charge on any atom is -0.00105 e. The van der Waals surface area contributed by atoms with Crippen molar-refractivity contribution in [1.82, 2.24) is 0 Å². The van der Waals surface area contributed by atoms with Gasteiger partial charge < -0.3 is 0 Å². The van der Waals surface area contributed by atoms with Gasteiger partial charge in [0.25, 0.3) is 0 Å². The number of hydrogen-bond acceptors (Lipinski definition) is 0. The van der Waals surface area contributed by atoms with Gasteiger partial charge in [-0.05, 0) is 128 Å². The molecule has 0 heterocycles. The minimum absolute atomic E-state index is 0.969. The minimum atomic E-state index is 0.969. The zero-order valence-electron chi connectivity index (χ0n) is 27.8. The Balaban J connectivity index is 1.70. The van der Waals surface area contributed by atoms with E-state index in [2.05, 4.69) is 149 Å². The van der Waals surface area contributed by atoms with E-state index in [9.17, 15) is 0 Å². The summed E-state index contributed by atoms with van der Waals surface area (Å²) in [5.41, 5.74) is 23.2. The van der Waals surface area contributed by atoms with Gasteiger partial charge in [-0.15, -0.1) is 0 Å². The third kappa shape index (κ3) is 5.01. The summed E-state index contributed by atoms with van der Waals surface area (Å²) in [7, 11) is 0. The topological polar surface area (TPSA) is 0 Å². The van der Waals surface area contributed by atoms with E-state index in [1.54, 1.807) is 33.4 Å². The van der Waals surface area contributed by atoms with Gasteiger partial charge in [0.15, 0.2) is 0 Å². The summed E-state index contributed by atoms with van der Waals surface area (Å²) in [4.78, 5) is 0. The van der Waals surface area contributed by atoms with Crippen LogP contribution in [0.2, 0.25) is 0 Å². The Morgan fingerprint density at radius 1 is 0.304 bits per heavy atom. The molecule has 0 N–H and O–H groups in total. The second-order valence-electron chi connectivity index (χ2n) is 12.6. The fraction of sp³-hybridized carbons (Fsp3) is 0.217. The number of rotatable bonds is 8. The van der Waals surface area contributed by atoms with Crippen molar-refractivity contribution in [3.8, 4) is 44.5 Å². The fourth-order valence-electron chi connectivity index (χ4n) is 8.46. The van der Waals surface area contributed by atoms with Gasteiger partial charge in [0, 0.05) is 0 Å². The quantitative estimate of drug-likeness (QED) is 0.164. The number of hydrogen-bond donors (Lipinski definition) is 0. The van der Waals surface area contributed by atoms with Gasteiger partial charge in [0.05, 0.1) is 0 Å². The molecule has 0 heteroatoms. The first kappa shape index (κ1) is 30.0. The van der Waals surface area contributed by atoms with Crippen LogP contribution in [0.1, 0.15) is 72.2 Å². The lowest BCUT2D eigenvalue weighted by molar-refractivity contribution is 0.870. The molecule has 0 nitrogen and oxygen atoms in total. The van der Waals surface area contributed by atoms with Gasteiger partial charge in [-0.25, -0.2) is 0 Å². The second-order valence-corrected chi connectivity index (χ2v) is 12.6. The maximum absolute atomic E-state index is 2.37. The lowest BCUT2D eigenvalue weighted by Gasteiger charge is -2.35. The highest BCUT2D eigenvalue weighted by Crippen LogP contribution is 2.53. The zero-order valence-corrected chi connectivity index (χ0v) is 27.8. The van der Waals surface area contributed by atoms with Crippen LogP contribution < -0.4 is 0 Å². The minimum Gasteiger partial charge on any atom is -0.0622 e. The SMILES string of the molecule is CCc1c(CC)c(CC)c2c(c1CC)Cc1c(c(-c3ccccc3)c(-c3ccccc3)c(-c3ccccc3)c1-c1ccccc1)C2. The molecule has 0 unspecified atom stereocenters. The molecule has 0 amide bonds. The Morgan fingerprint density at radius 2 is 0.565 bits per heavy atom. The fourth-order valence-corrected chi connectivity index (χ4v) is 8.46. The van der Waals surface area contributed by atoms with Crippen molar-refractivity contribution in [2.45, 2.75) is 66.2 Å². The van der Waals surface area contributed by atoms with Crippen molar-refractivity contribution in [2.75, 3.05) is 0 Å². The molecular weight excluding hydrogens is 553 g/mol. The van der Waals surface area contributed by atoms with Crippen LogP contribution >= 0.6 is 0 Å². The Morgan fingerprint density at radius 3 is 0.826 bits per heavy atom. The summed E-state index contributed by atoms with van der Waals surface area (Å²) in [6, 6.07) is 44.7. The largest absolute Gasteiger partial charge is 0.0622 e. The van der Waals surface area contributed by atoms with Gasteiger partial charge in [0.1, 0.15) is 0 Å². The summed E-state index contributed by atoms with van der Waals surface area (Å²) < 4.78 is 0. The van der Waals surface area contributed by atoms with Crippen molar-refractivity contribution >= 4 is 0 Å². The second kappa shape index (κ2) is 13.0. The molecule has 1 aliphatic carbocycles. The molecule has 0 atom stereocenters. The van der Waals surface area contributed by atoms with E-state index >= 15 is 0 Å². The molecule has 6 aromatic rings. The summed E-state index contributed by atoms with van der Waals surface area (Å²) in [5, 5.41) is 0.